The summed E-state index contributed by atoms with van der Waals surface area (Å²) in [6, 6.07) is 7.08. The van der Waals surface area contributed by atoms with Gasteiger partial charge in [0.2, 0.25) is 5.91 Å². The van der Waals surface area contributed by atoms with E-state index in [1.54, 1.807) is 13.0 Å². The molecule has 0 aliphatic carbocycles. The van der Waals surface area contributed by atoms with Crippen molar-refractivity contribution in [1.82, 2.24) is 4.98 Å². The van der Waals surface area contributed by atoms with Crippen LogP contribution in [0.5, 0.6) is 5.75 Å². The highest BCUT2D eigenvalue weighted by atomic mass is 35.5. The quantitative estimate of drug-likeness (QED) is 0.580. The van der Waals surface area contributed by atoms with E-state index < -0.39 is 35.2 Å². The maximum atomic E-state index is 12.7. The number of hydrogen-bond acceptors (Lipinski definition) is 6. The molecule has 146 valence electrons. The molecular weight excluding hydrogens is 411 g/mol. The summed E-state index contributed by atoms with van der Waals surface area (Å²) in [7, 11) is 0. The van der Waals surface area contributed by atoms with E-state index >= 15 is 0 Å². The van der Waals surface area contributed by atoms with Gasteiger partial charge in [0.25, 0.3) is 11.7 Å². The third kappa shape index (κ3) is 4.00. The molecule has 0 radical (unpaired) electrons. The number of nitro groups is 1. The Morgan fingerprint density at radius 2 is 2.11 bits per heavy atom. The Bertz CT molecular complexity index is 969. The van der Waals surface area contributed by atoms with E-state index in [1.807, 2.05) is 0 Å². The number of hydrogen-bond donors (Lipinski definition) is 1. The molecule has 2 amide bonds. The lowest BCUT2D eigenvalue weighted by molar-refractivity contribution is -0.389. The molecule has 9 nitrogen and oxygen atoms in total. The standard InChI is InChI=1S/C17H14Cl2N4O5/c1-2-12-17(25)22(16-13(28-12)5-6-14(21-16)23(26)27)8-15(24)20-11-7-9(18)3-4-10(11)19/h3-7,12H,2,8H2,1H3,(H,20,24). The molecule has 28 heavy (non-hydrogen) atoms. The second-order valence-corrected chi connectivity index (χ2v) is 6.70. The SMILES string of the molecule is CCC1Oc2ccc([N+](=O)[O-])nc2N(CC(=O)Nc2cc(Cl)ccc2Cl)C1=O. The number of benzene rings is 1. The normalized spacial score (nSPS) is 15.6. The number of nitrogens with one attached hydrogen (secondary N) is 1. The third-order valence-electron chi connectivity index (χ3n) is 3.95. The molecule has 0 fully saturated rings. The zero-order chi connectivity index (χ0) is 20.4. The zero-order valence-corrected chi connectivity index (χ0v) is 16.0. The summed E-state index contributed by atoms with van der Waals surface area (Å²) in [6.07, 6.45) is -0.466. The van der Waals surface area contributed by atoms with Crippen LogP contribution in [0.3, 0.4) is 0 Å². The number of nitrogens with zero attached hydrogens (tertiary/aromatic N) is 3. The van der Waals surface area contributed by atoms with Crippen LogP contribution in [0, 0.1) is 10.1 Å². The van der Waals surface area contributed by atoms with Gasteiger partial charge in [0.15, 0.2) is 11.9 Å². The van der Waals surface area contributed by atoms with E-state index in [-0.39, 0.29) is 22.3 Å². The smallest absolute Gasteiger partial charge is 0.366 e. The van der Waals surface area contributed by atoms with Gasteiger partial charge in [0.1, 0.15) is 6.54 Å². The van der Waals surface area contributed by atoms with Gasteiger partial charge >= 0.3 is 5.82 Å². The van der Waals surface area contributed by atoms with Crippen LogP contribution in [0.4, 0.5) is 17.3 Å². The third-order valence-corrected chi connectivity index (χ3v) is 4.52. The van der Waals surface area contributed by atoms with E-state index in [2.05, 4.69) is 10.3 Å². The number of fused-ring (bicyclic) bond motifs is 1. The first-order valence-electron chi connectivity index (χ1n) is 8.18. The largest absolute Gasteiger partial charge is 0.474 e. The summed E-state index contributed by atoms with van der Waals surface area (Å²) in [6.45, 7) is 1.32. The minimum Gasteiger partial charge on any atom is -0.474 e. The summed E-state index contributed by atoms with van der Waals surface area (Å²) < 4.78 is 5.55. The predicted molar refractivity (Wildman–Crippen MR) is 103 cm³/mol. The molecule has 2 aromatic rings. The van der Waals surface area contributed by atoms with Crippen LogP contribution in [0.25, 0.3) is 0 Å². The number of ether oxygens (including phenoxy) is 1. The summed E-state index contributed by atoms with van der Waals surface area (Å²) >= 11 is 11.9. The second-order valence-electron chi connectivity index (χ2n) is 5.86. The predicted octanol–water partition coefficient (Wildman–Crippen LogP) is 3.44. The van der Waals surface area contributed by atoms with Gasteiger partial charge in [-0.1, -0.05) is 30.1 Å². The Kier molecular flexibility index (Phi) is 5.66. The van der Waals surface area contributed by atoms with E-state index in [0.29, 0.717) is 11.4 Å². The molecule has 0 saturated heterocycles. The van der Waals surface area contributed by atoms with Crippen molar-refractivity contribution in [1.29, 1.82) is 0 Å². The molecule has 11 heteroatoms. The van der Waals surface area contributed by atoms with Crippen LogP contribution in [0.2, 0.25) is 10.0 Å². The molecular formula is C17H14Cl2N4O5. The topological polar surface area (TPSA) is 115 Å². The van der Waals surface area contributed by atoms with Crippen molar-refractivity contribution in [3.8, 4) is 5.75 Å². The Labute approximate surface area is 169 Å². The van der Waals surface area contributed by atoms with Crippen LogP contribution in [0.1, 0.15) is 13.3 Å². The number of rotatable bonds is 5. The van der Waals surface area contributed by atoms with Gasteiger partial charge in [-0.25, -0.2) is 0 Å². The minimum atomic E-state index is -0.821. The second kappa shape index (κ2) is 7.99. The van der Waals surface area contributed by atoms with Gasteiger partial charge < -0.3 is 20.2 Å². The average molecular weight is 425 g/mol. The Morgan fingerprint density at radius 3 is 2.79 bits per heavy atom. The monoisotopic (exact) mass is 424 g/mol. The van der Waals surface area contributed by atoms with E-state index in [4.69, 9.17) is 27.9 Å². The molecule has 1 atom stereocenters. The molecule has 0 spiro atoms. The van der Waals surface area contributed by atoms with Crippen molar-refractivity contribution < 1.29 is 19.2 Å². The van der Waals surface area contributed by atoms with Crippen molar-refractivity contribution in [2.45, 2.75) is 19.4 Å². The van der Waals surface area contributed by atoms with Crippen LogP contribution in [-0.4, -0.2) is 34.4 Å². The number of anilines is 2. The molecule has 1 N–H and O–H groups in total. The van der Waals surface area contributed by atoms with Gasteiger partial charge in [0.05, 0.1) is 10.7 Å². The van der Waals surface area contributed by atoms with Crippen molar-refractivity contribution in [2.75, 3.05) is 16.8 Å². The van der Waals surface area contributed by atoms with Crippen LogP contribution >= 0.6 is 23.2 Å². The lowest BCUT2D eigenvalue weighted by Gasteiger charge is -2.30. The molecule has 1 unspecified atom stereocenters. The van der Waals surface area contributed by atoms with Crippen molar-refractivity contribution >= 4 is 52.3 Å². The molecule has 2 heterocycles. The fraction of sp³-hybridized carbons (Fsp3) is 0.235. The van der Waals surface area contributed by atoms with Gasteiger partial charge in [-0.05, 0) is 40.6 Å². The van der Waals surface area contributed by atoms with Gasteiger partial charge in [0, 0.05) is 11.1 Å². The minimum absolute atomic E-state index is 0.0868. The van der Waals surface area contributed by atoms with Crippen molar-refractivity contribution in [2.24, 2.45) is 0 Å². The lowest BCUT2D eigenvalue weighted by Crippen LogP contribution is -2.49. The fourth-order valence-electron chi connectivity index (χ4n) is 2.63. The molecule has 1 aromatic heterocycles. The van der Waals surface area contributed by atoms with Gasteiger partial charge in [-0.3, -0.25) is 14.5 Å². The number of halogens is 2. The van der Waals surface area contributed by atoms with E-state index in [9.17, 15) is 19.7 Å². The van der Waals surface area contributed by atoms with Crippen LogP contribution in [-0.2, 0) is 9.59 Å². The van der Waals surface area contributed by atoms with Crippen molar-refractivity contribution in [3.63, 3.8) is 0 Å². The van der Waals surface area contributed by atoms with Crippen LogP contribution in [0.15, 0.2) is 30.3 Å². The highest BCUT2D eigenvalue weighted by molar-refractivity contribution is 6.35. The summed E-state index contributed by atoms with van der Waals surface area (Å²) in [4.78, 5) is 40.4. The molecule has 0 bridgehead atoms. The fourth-order valence-corrected chi connectivity index (χ4v) is 2.97. The Balaban J connectivity index is 1.90. The lowest BCUT2D eigenvalue weighted by atomic mass is 10.2. The van der Waals surface area contributed by atoms with E-state index in [0.717, 1.165) is 4.90 Å². The highest BCUT2D eigenvalue weighted by Crippen LogP contribution is 2.34. The summed E-state index contributed by atoms with van der Waals surface area (Å²) in [5.74, 6) is -1.46. The van der Waals surface area contributed by atoms with Gasteiger partial charge in [-0.2, -0.15) is 0 Å². The summed E-state index contributed by atoms with van der Waals surface area (Å²) in [5.41, 5.74) is 0.277. The molecule has 1 aromatic carbocycles. The summed E-state index contributed by atoms with van der Waals surface area (Å²) in [5, 5.41) is 14.2. The molecule has 1 aliphatic heterocycles. The van der Waals surface area contributed by atoms with E-state index in [1.165, 1.54) is 24.3 Å². The number of aromatic nitrogens is 1. The highest BCUT2D eigenvalue weighted by Gasteiger charge is 2.39. The first kappa shape index (κ1) is 19.8. The molecule has 1 aliphatic rings. The Hall–Kier alpha value is -2.91. The number of carbonyl (C=O) groups is 2. The number of amides is 2. The zero-order valence-electron chi connectivity index (χ0n) is 14.5. The first-order valence-corrected chi connectivity index (χ1v) is 8.94. The Morgan fingerprint density at radius 1 is 1.36 bits per heavy atom. The maximum absolute atomic E-state index is 12.7. The number of pyridine rings is 1. The maximum Gasteiger partial charge on any atom is 0.366 e. The number of carbonyl (C=O) groups excluding carboxylic acids is 2. The first-order chi connectivity index (χ1) is 13.3. The molecule has 3 rings (SSSR count). The van der Waals surface area contributed by atoms with Crippen molar-refractivity contribution in [3.05, 3.63) is 50.5 Å². The van der Waals surface area contributed by atoms with Crippen LogP contribution < -0.4 is 15.0 Å². The average Bonchev–Trinajstić information content (AvgIpc) is 2.66. The molecule has 0 saturated carbocycles. The van der Waals surface area contributed by atoms with Gasteiger partial charge in [-0.15, -0.1) is 0 Å².